The van der Waals surface area contributed by atoms with Crippen molar-refractivity contribution in [1.29, 1.82) is 0 Å². The number of carbonyl (C=O) groups is 1. The van der Waals surface area contributed by atoms with Gasteiger partial charge in [0.2, 0.25) is 5.91 Å². The van der Waals surface area contributed by atoms with Crippen LogP contribution >= 0.6 is 0 Å². The summed E-state index contributed by atoms with van der Waals surface area (Å²) in [7, 11) is -2.50. The van der Waals surface area contributed by atoms with Crippen LogP contribution in [0.25, 0.3) is 0 Å². The van der Waals surface area contributed by atoms with E-state index in [1.165, 1.54) is 11.1 Å². The van der Waals surface area contributed by atoms with E-state index in [4.69, 9.17) is 4.74 Å². The fraction of sp³-hybridized carbons (Fsp3) is 0.417. The third kappa shape index (κ3) is 6.82. The van der Waals surface area contributed by atoms with Gasteiger partial charge in [0.15, 0.2) is 8.32 Å². The zero-order valence-electron chi connectivity index (χ0n) is 26.4. The summed E-state index contributed by atoms with van der Waals surface area (Å²) in [5.41, 5.74) is 6.17. The van der Waals surface area contributed by atoms with Crippen molar-refractivity contribution in [3.05, 3.63) is 107 Å². The van der Waals surface area contributed by atoms with E-state index in [0.717, 1.165) is 48.3 Å². The van der Waals surface area contributed by atoms with Crippen molar-refractivity contribution < 1.29 is 19.4 Å². The summed E-state index contributed by atoms with van der Waals surface area (Å²) in [6, 6.07) is 26.4. The highest BCUT2D eigenvalue weighted by Gasteiger charge is 2.49. The molecule has 2 aliphatic rings. The lowest BCUT2D eigenvalue weighted by molar-refractivity contribution is -0.118. The number of aliphatic hydroxyl groups excluding tert-OH is 1. The number of rotatable bonds is 11. The minimum Gasteiger partial charge on any atom is -0.432 e. The summed E-state index contributed by atoms with van der Waals surface area (Å²) in [5.74, 6) is 0.162. The molecular formula is C36H44N4O4Si. The van der Waals surface area contributed by atoms with E-state index in [9.17, 15) is 14.7 Å². The molecule has 1 saturated heterocycles. The van der Waals surface area contributed by atoms with Gasteiger partial charge in [-0.15, -0.1) is 5.10 Å². The molecule has 3 heterocycles. The van der Waals surface area contributed by atoms with Crippen LogP contribution in [0.1, 0.15) is 54.5 Å². The Labute approximate surface area is 266 Å². The number of ether oxygens (including phenoxy) is 1. The molecule has 9 heteroatoms. The summed E-state index contributed by atoms with van der Waals surface area (Å²) in [4.78, 5) is 26.0. The Kier molecular flexibility index (Phi) is 9.33. The Bertz CT molecular complexity index is 1590. The summed E-state index contributed by atoms with van der Waals surface area (Å²) in [6.45, 7) is 6.86. The minimum atomic E-state index is -2.50. The van der Waals surface area contributed by atoms with Gasteiger partial charge in [-0.05, 0) is 79.6 Å². The molecule has 2 aliphatic heterocycles. The van der Waals surface area contributed by atoms with Gasteiger partial charge < -0.3 is 14.6 Å². The maximum Gasteiger partial charge on any atom is 0.231 e. The van der Waals surface area contributed by atoms with Crippen LogP contribution in [0, 0.1) is 5.92 Å². The first-order valence-electron chi connectivity index (χ1n) is 16.2. The van der Waals surface area contributed by atoms with Gasteiger partial charge in [-0.3, -0.25) is 14.4 Å². The van der Waals surface area contributed by atoms with Gasteiger partial charge in [0.05, 0.1) is 36.1 Å². The predicted molar refractivity (Wildman–Crippen MR) is 178 cm³/mol. The summed E-state index contributed by atoms with van der Waals surface area (Å²) in [6.07, 6.45) is 5.69. The van der Waals surface area contributed by atoms with Crippen LogP contribution in [0.15, 0.2) is 85.1 Å². The predicted octanol–water partition coefficient (Wildman–Crippen LogP) is 6.01. The highest BCUT2D eigenvalue weighted by molar-refractivity contribution is 6.71. The van der Waals surface area contributed by atoms with E-state index < -0.39 is 8.32 Å². The molecule has 8 nitrogen and oxygen atoms in total. The number of hydrogen-bond acceptors (Lipinski definition) is 6. The van der Waals surface area contributed by atoms with Gasteiger partial charge in [0.1, 0.15) is 0 Å². The molecule has 5 atom stereocenters. The Morgan fingerprint density at radius 2 is 1.69 bits per heavy atom. The second-order valence-electron chi connectivity index (χ2n) is 13.2. The first-order valence-corrected chi connectivity index (χ1v) is 19.2. The van der Waals surface area contributed by atoms with Crippen LogP contribution < -0.4 is 4.90 Å². The quantitative estimate of drug-likeness (QED) is 0.198. The van der Waals surface area contributed by atoms with Gasteiger partial charge in [0.25, 0.3) is 0 Å². The van der Waals surface area contributed by atoms with Crippen LogP contribution in [-0.4, -0.2) is 57.9 Å². The van der Waals surface area contributed by atoms with Crippen LogP contribution in [0.3, 0.4) is 0 Å². The topological polar surface area (TPSA) is 101 Å². The number of hydrogen-bond donors (Lipinski definition) is 2. The Morgan fingerprint density at radius 1 is 0.956 bits per heavy atom. The van der Waals surface area contributed by atoms with Crippen LogP contribution in [0.4, 0.5) is 11.4 Å². The lowest BCUT2D eigenvalue weighted by Gasteiger charge is -2.30. The third-order valence-electron chi connectivity index (χ3n) is 9.66. The largest absolute Gasteiger partial charge is 0.432 e. The van der Waals surface area contributed by atoms with E-state index in [1.54, 1.807) is 0 Å². The zero-order valence-corrected chi connectivity index (χ0v) is 27.4. The average molecular weight is 625 g/mol. The molecule has 0 radical (unpaired) electrons. The molecule has 0 bridgehead atoms. The first kappa shape index (κ1) is 31.4. The standard InChI is InChI=1S/C36H44N4O4Si/c1-25-33(19-15-26-13-17-29(18-14-26)40-32-12-8-7-11-28(32)16-20-35(40)42)44-34(36(25)45(2,3)43)21-22-39-23-31(37-38-39)30(24-41)27-9-5-4-6-10-27/h4-14,17-18,23,25,30,33-34,36,41,43H,15-16,19-22,24H2,1-3H3/t25-,30?,33+,34-,36+/m0/s1. The molecular weight excluding hydrogens is 581 g/mol. The van der Waals surface area contributed by atoms with Gasteiger partial charge in [-0.1, -0.05) is 72.8 Å². The zero-order chi connectivity index (χ0) is 31.6. The monoisotopic (exact) mass is 624 g/mol. The molecule has 3 aromatic carbocycles. The number of aryl methyl sites for hydroxylation is 3. The maximum absolute atomic E-state index is 12.8. The van der Waals surface area contributed by atoms with E-state index in [2.05, 4.69) is 47.6 Å². The highest BCUT2D eigenvalue weighted by atomic mass is 28.4. The molecule has 236 valence electrons. The fourth-order valence-corrected chi connectivity index (χ4v) is 10.1. The molecule has 2 N–H and O–H groups in total. The average Bonchev–Trinajstić information content (AvgIpc) is 3.64. The molecule has 0 saturated carbocycles. The fourth-order valence-electron chi connectivity index (χ4n) is 7.41. The highest BCUT2D eigenvalue weighted by Crippen LogP contribution is 2.45. The number of benzene rings is 3. The second-order valence-corrected chi connectivity index (χ2v) is 17.1. The molecule has 45 heavy (non-hydrogen) atoms. The van der Waals surface area contributed by atoms with Crippen molar-refractivity contribution in [2.45, 2.75) is 82.3 Å². The SMILES string of the molecule is C[C@@H]1[C@@H]([Si](C)(C)O)[C@H](CCn2cc(C(CO)c3ccccc3)nn2)O[C@@H]1CCc1ccc(N2C(=O)CCc3ccccc32)cc1. The summed E-state index contributed by atoms with van der Waals surface area (Å²) >= 11 is 0. The number of fused-ring (bicyclic) bond motifs is 1. The smallest absolute Gasteiger partial charge is 0.231 e. The number of anilines is 2. The number of amides is 1. The molecule has 6 rings (SSSR count). The molecule has 1 aromatic heterocycles. The molecule has 0 spiro atoms. The normalized spacial score (nSPS) is 22.4. The number of aliphatic hydroxyl groups is 1. The molecule has 1 fully saturated rings. The molecule has 0 aliphatic carbocycles. The Balaban J connectivity index is 1.09. The van der Waals surface area contributed by atoms with E-state index in [0.29, 0.717) is 13.0 Å². The van der Waals surface area contributed by atoms with Crippen molar-refractivity contribution >= 4 is 25.6 Å². The Hall–Kier alpha value is -3.63. The van der Waals surface area contributed by atoms with Crippen molar-refractivity contribution in [3.8, 4) is 0 Å². The van der Waals surface area contributed by atoms with Crippen LogP contribution in [0.5, 0.6) is 0 Å². The van der Waals surface area contributed by atoms with Gasteiger partial charge >= 0.3 is 0 Å². The maximum atomic E-state index is 12.8. The Morgan fingerprint density at radius 3 is 2.42 bits per heavy atom. The lowest BCUT2D eigenvalue weighted by Crippen LogP contribution is -2.40. The lowest BCUT2D eigenvalue weighted by atomic mass is 9.95. The van der Waals surface area contributed by atoms with Gasteiger partial charge in [0, 0.05) is 30.4 Å². The van der Waals surface area contributed by atoms with Crippen molar-refractivity contribution in [1.82, 2.24) is 15.0 Å². The summed E-state index contributed by atoms with van der Waals surface area (Å²) in [5, 5.41) is 18.8. The number of para-hydroxylation sites is 1. The van der Waals surface area contributed by atoms with Crippen molar-refractivity contribution in [2.75, 3.05) is 11.5 Å². The van der Waals surface area contributed by atoms with Gasteiger partial charge in [-0.2, -0.15) is 0 Å². The van der Waals surface area contributed by atoms with Crippen LogP contribution in [0.2, 0.25) is 18.6 Å². The number of carbonyl (C=O) groups excluding carboxylic acids is 1. The molecule has 1 amide bonds. The molecule has 1 unspecified atom stereocenters. The second kappa shape index (κ2) is 13.4. The van der Waals surface area contributed by atoms with E-state index in [1.807, 2.05) is 77.4 Å². The van der Waals surface area contributed by atoms with E-state index in [-0.39, 0.29) is 42.1 Å². The van der Waals surface area contributed by atoms with Crippen molar-refractivity contribution in [3.63, 3.8) is 0 Å². The summed E-state index contributed by atoms with van der Waals surface area (Å²) < 4.78 is 8.53. The van der Waals surface area contributed by atoms with Gasteiger partial charge in [-0.25, -0.2) is 0 Å². The van der Waals surface area contributed by atoms with Crippen molar-refractivity contribution in [2.24, 2.45) is 5.92 Å². The first-order chi connectivity index (χ1) is 21.7. The van der Waals surface area contributed by atoms with Crippen LogP contribution in [-0.2, 0) is 28.9 Å². The minimum absolute atomic E-state index is 0.0346. The number of aromatic nitrogens is 3. The third-order valence-corrected chi connectivity index (χ3v) is 12.2. The number of nitrogens with zero attached hydrogens (tertiary/aromatic N) is 4. The molecule has 4 aromatic rings. The van der Waals surface area contributed by atoms with E-state index >= 15 is 0 Å².